The normalized spacial score (nSPS) is 18.6. The van der Waals surface area contributed by atoms with Crippen molar-refractivity contribution in [3.8, 4) is 17.2 Å². The summed E-state index contributed by atoms with van der Waals surface area (Å²) in [6.07, 6.45) is 2.23. The molecule has 5 nitrogen and oxygen atoms in total. The van der Waals surface area contributed by atoms with Crippen LogP contribution in [-0.4, -0.2) is 23.9 Å². The Bertz CT molecular complexity index is 1170. The summed E-state index contributed by atoms with van der Waals surface area (Å²) < 4.78 is 18.7. The largest absolute Gasteiger partial charge is 0.494 e. The smallest absolute Gasteiger partial charge is 0.213 e. The van der Waals surface area contributed by atoms with Crippen LogP contribution in [0.4, 0.5) is 0 Å². The second kappa shape index (κ2) is 9.32. The van der Waals surface area contributed by atoms with E-state index in [1.165, 1.54) is 0 Å². The molecule has 0 saturated carbocycles. The Morgan fingerprint density at radius 1 is 1.06 bits per heavy atom. The number of halogens is 1. The first-order valence-corrected chi connectivity index (χ1v) is 11.8. The predicted octanol–water partition coefficient (Wildman–Crippen LogP) is 6.65. The highest BCUT2D eigenvalue weighted by molar-refractivity contribution is 9.10. The van der Waals surface area contributed by atoms with E-state index in [9.17, 15) is 0 Å². The summed E-state index contributed by atoms with van der Waals surface area (Å²) in [7, 11) is 0. The van der Waals surface area contributed by atoms with Crippen molar-refractivity contribution in [2.24, 2.45) is 5.10 Å². The van der Waals surface area contributed by atoms with Gasteiger partial charge in [-0.3, -0.25) is 0 Å². The Hall–Kier alpha value is -3.25. The molecule has 2 aliphatic heterocycles. The second-order valence-corrected chi connectivity index (χ2v) is 8.84. The highest BCUT2D eigenvalue weighted by Gasteiger charge is 2.41. The Kier molecular flexibility index (Phi) is 6.09. The van der Waals surface area contributed by atoms with Gasteiger partial charge in [-0.15, -0.1) is 0 Å². The van der Waals surface area contributed by atoms with E-state index in [1.54, 1.807) is 6.08 Å². The number of hydrazone groups is 1. The molecule has 3 aromatic carbocycles. The SMILES string of the molecule is C=CCOc1ccc(C2=NN3[C@@H](C2)c2cc(Br)ccc2O[C@H]3c2ccc(OCC)cc2)cc1. The molecule has 5 rings (SSSR count). The van der Waals surface area contributed by atoms with Crippen LogP contribution in [0.5, 0.6) is 17.2 Å². The maximum atomic E-state index is 6.46. The third-order valence-corrected chi connectivity index (χ3v) is 6.28. The van der Waals surface area contributed by atoms with Crippen molar-refractivity contribution in [1.82, 2.24) is 5.01 Å². The molecule has 2 aliphatic rings. The van der Waals surface area contributed by atoms with E-state index < -0.39 is 0 Å². The lowest BCUT2D eigenvalue weighted by atomic mass is 9.96. The van der Waals surface area contributed by atoms with Crippen molar-refractivity contribution < 1.29 is 14.2 Å². The third kappa shape index (κ3) is 4.35. The molecule has 0 fully saturated rings. The van der Waals surface area contributed by atoms with Crippen molar-refractivity contribution in [1.29, 1.82) is 0 Å². The molecule has 2 atom stereocenters. The zero-order valence-corrected chi connectivity index (χ0v) is 20.0. The highest BCUT2D eigenvalue weighted by Crippen LogP contribution is 2.48. The summed E-state index contributed by atoms with van der Waals surface area (Å²) in [6, 6.07) is 22.4. The van der Waals surface area contributed by atoms with E-state index in [0.29, 0.717) is 13.2 Å². The number of nitrogens with zero attached hydrogens (tertiary/aromatic N) is 2. The van der Waals surface area contributed by atoms with Gasteiger partial charge < -0.3 is 14.2 Å². The topological polar surface area (TPSA) is 43.3 Å². The molecule has 0 bridgehead atoms. The number of rotatable bonds is 7. The van der Waals surface area contributed by atoms with E-state index >= 15 is 0 Å². The summed E-state index contributed by atoms with van der Waals surface area (Å²) in [6.45, 7) is 6.81. The summed E-state index contributed by atoms with van der Waals surface area (Å²) in [5, 5.41) is 7.12. The molecule has 6 heteroatoms. The van der Waals surface area contributed by atoms with Crippen molar-refractivity contribution in [3.63, 3.8) is 0 Å². The zero-order valence-electron chi connectivity index (χ0n) is 18.4. The maximum absolute atomic E-state index is 6.46. The van der Waals surface area contributed by atoms with Crippen LogP contribution in [0.3, 0.4) is 0 Å². The lowest BCUT2D eigenvalue weighted by molar-refractivity contribution is -0.0191. The molecule has 0 unspecified atom stereocenters. The standard InChI is InChI=1S/C27H25BrN2O3/c1-3-15-32-22-10-5-18(6-11-22)24-17-25-23-16-20(28)9-14-26(23)33-27(30(25)29-24)19-7-12-21(13-8-19)31-4-2/h3,5-14,16,25,27H,1,4,15,17H2,2H3/t25-,27-/m0/s1. The molecular formula is C27H25BrN2O3. The zero-order chi connectivity index (χ0) is 22.8. The van der Waals surface area contributed by atoms with Gasteiger partial charge in [0.05, 0.1) is 18.4 Å². The van der Waals surface area contributed by atoms with Gasteiger partial charge in [-0.1, -0.05) is 28.6 Å². The fraction of sp³-hybridized carbons (Fsp3) is 0.222. The average molecular weight is 505 g/mol. The van der Waals surface area contributed by atoms with Gasteiger partial charge in [-0.25, -0.2) is 5.01 Å². The van der Waals surface area contributed by atoms with Crippen molar-refractivity contribution in [2.45, 2.75) is 25.6 Å². The predicted molar refractivity (Wildman–Crippen MR) is 133 cm³/mol. The minimum atomic E-state index is -0.313. The average Bonchev–Trinajstić information content (AvgIpc) is 3.29. The summed E-state index contributed by atoms with van der Waals surface area (Å²) in [5.41, 5.74) is 4.28. The van der Waals surface area contributed by atoms with Crippen molar-refractivity contribution in [3.05, 3.63) is 101 Å². The number of ether oxygens (including phenoxy) is 3. The molecule has 33 heavy (non-hydrogen) atoms. The van der Waals surface area contributed by atoms with Crippen molar-refractivity contribution in [2.75, 3.05) is 13.2 Å². The molecular weight excluding hydrogens is 480 g/mol. The molecule has 3 aromatic rings. The Morgan fingerprint density at radius 2 is 1.79 bits per heavy atom. The summed E-state index contributed by atoms with van der Waals surface area (Å²) in [5.74, 6) is 2.56. The Labute approximate surface area is 202 Å². The number of hydrogen-bond acceptors (Lipinski definition) is 5. The minimum Gasteiger partial charge on any atom is -0.494 e. The quantitative estimate of drug-likeness (QED) is 0.337. The van der Waals surface area contributed by atoms with E-state index in [4.69, 9.17) is 19.3 Å². The molecule has 0 spiro atoms. The molecule has 0 radical (unpaired) electrons. The third-order valence-electron chi connectivity index (χ3n) is 5.78. The maximum Gasteiger partial charge on any atom is 0.213 e. The lowest BCUT2D eigenvalue weighted by Crippen LogP contribution is -2.33. The molecule has 0 amide bonds. The first-order chi connectivity index (χ1) is 16.2. The molecule has 0 aliphatic carbocycles. The number of benzene rings is 3. The number of hydrogen-bond donors (Lipinski definition) is 0. The van der Waals surface area contributed by atoms with Gasteiger partial charge in [0.2, 0.25) is 6.23 Å². The van der Waals surface area contributed by atoms with Gasteiger partial charge in [-0.2, -0.15) is 5.10 Å². The highest BCUT2D eigenvalue weighted by atomic mass is 79.9. The molecule has 0 aromatic heterocycles. The second-order valence-electron chi connectivity index (χ2n) is 7.93. The molecule has 168 valence electrons. The first-order valence-electron chi connectivity index (χ1n) is 11.0. The van der Waals surface area contributed by atoms with Gasteiger partial charge in [0.1, 0.15) is 23.9 Å². The van der Waals surface area contributed by atoms with Crippen LogP contribution in [0.2, 0.25) is 0 Å². The van der Waals surface area contributed by atoms with Gasteiger partial charge in [0, 0.05) is 22.0 Å². The van der Waals surface area contributed by atoms with Crippen LogP contribution < -0.4 is 14.2 Å². The van der Waals surface area contributed by atoms with Crippen LogP contribution in [-0.2, 0) is 0 Å². The first kappa shape index (κ1) is 21.6. The fourth-order valence-corrected chi connectivity index (χ4v) is 4.63. The number of fused-ring (bicyclic) bond motifs is 3. The van der Waals surface area contributed by atoms with Gasteiger partial charge in [-0.05, 0) is 79.2 Å². The van der Waals surface area contributed by atoms with Gasteiger partial charge in [0.25, 0.3) is 0 Å². The summed E-state index contributed by atoms with van der Waals surface area (Å²) in [4.78, 5) is 0. The Balaban J connectivity index is 1.48. The van der Waals surface area contributed by atoms with E-state index in [0.717, 1.165) is 50.5 Å². The molecule has 0 saturated heterocycles. The van der Waals surface area contributed by atoms with E-state index in [-0.39, 0.29) is 12.3 Å². The van der Waals surface area contributed by atoms with Crippen LogP contribution in [0.25, 0.3) is 0 Å². The van der Waals surface area contributed by atoms with Crippen LogP contribution in [0.15, 0.2) is 89.0 Å². The summed E-state index contributed by atoms with van der Waals surface area (Å²) >= 11 is 3.61. The fourth-order valence-electron chi connectivity index (χ4n) is 4.25. The van der Waals surface area contributed by atoms with E-state index in [2.05, 4.69) is 57.8 Å². The monoisotopic (exact) mass is 504 g/mol. The van der Waals surface area contributed by atoms with E-state index in [1.807, 2.05) is 43.3 Å². The van der Waals surface area contributed by atoms with Crippen LogP contribution >= 0.6 is 15.9 Å². The molecule has 0 N–H and O–H groups in total. The van der Waals surface area contributed by atoms with Crippen LogP contribution in [0, 0.1) is 0 Å². The van der Waals surface area contributed by atoms with Crippen LogP contribution in [0.1, 0.15) is 42.3 Å². The van der Waals surface area contributed by atoms with Gasteiger partial charge >= 0.3 is 0 Å². The minimum absolute atomic E-state index is 0.0921. The molecule has 2 heterocycles. The van der Waals surface area contributed by atoms with Gasteiger partial charge in [0.15, 0.2) is 0 Å². The van der Waals surface area contributed by atoms with Crippen molar-refractivity contribution >= 4 is 21.6 Å². The Morgan fingerprint density at radius 3 is 2.52 bits per heavy atom. The lowest BCUT2D eigenvalue weighted by Gasteiger charge is -2.38.